The number of aliphatic imine (C=N–C) groups is 1. The van der Waals surface area contributed by atoms with Gasteiger partial charge < -0.3 is 11.1 Å². The highest BCUT2D eigenvalue weighted by Crippen LogP contribution is 2.28. The van der Waals surface area contributed by atoms with Gasteiger partial charge in [-0.15, -0.1) is 0 Å². The molecule has 2 fully saturated rings. The molecule has 0 spiro atoms. The number of nitrogens with one attached hydrogen (secondary N) is 1. The molecule has 0 bridgehead atoms. The summed E-state index contributed by atoms with van der Waals surface area (Å²) < 4.78 is 0. The molecule has 2 aliphatic rings. The molecule has 3 heteroatoms. The minimum Gasteiger partial charge on any atom is -0.370 e. The van der Waals surface area contributed by atoms with Crippen LogP contribution in [0.4, 0.5) is 0 Å². The van der Waals surface area contributed by atoms with E-state index in [0.29, 0.717) is 18.0 Å². The molecule has 18 heavy (non-hydrogen) atoms. The van der Waals surface area contributed by atoms with Gasteiger partial charge in [-0.1, -0.05) is 32.6 Å². The van der Waals surface area contributed by atoms with Crippen molar-refractivity contribution in [1.29, 1.82) is 0 Å². The van der Waals surface area contributed by atoms with E-state index in [4.69, 9.17) is 5.73 Å². The summed E-state index contributed by atoms with van der Waals surface area (Å²) in [6.45, 7) is 2.30. The highest BCUT2D eigenvalue weighted by atomic mass is 15.1. The molecule has 2 saturated carbocycles. The molecule has 0 aromatic carbocycles. The van der Waals surface area contributed by atoms with Gasteiger partial charge in [-0.2, -0.15) is 0 Å². The molecular formula is C15H29N3. The topological polar surface area (TPSA) is 50.4 Å². The first kappa shape index (κ1) is 13.7. The van der Waals surface area contributed by atoms with Crippen molar-refractivity contribution in [2.45, 2.75) is 83.2 Å². The van der Waals surface area contributed by atoms with Crippen LogP contribution in [0.1, 0.15) is 71.1 Å². The molecule has 0 aromatic rings. The van der Waals surface area contributed by atoms with Crippen molar-refractivity contribution in [3.05, 3.63) is 0 Å². The average Bonchev–Trinajstić information content (AvgIpc) is 2.40. The fourth-order valence-electron chi connectivity index (χ4n) is 3.37. The van der Waals surface area contributed by atoms with E-state index in [1.807, 2.05) is 0 Å². The Hall–Kier alpha value is -0.730. The summed E-state index contributed by atoms with van der Waals surface area (Å²) in [6, 6.07) is 1.05. The van der Waals surface area contributed by atoms with Crippen molar-refractivity contribution in [1.82, 2.24) is 5.32 Å². The van der Waals surface area contributed by atoms with Crippen LogP contribution in [0.15, 0.2) is 4.99 Å². The third kappa shape index (κ3) is 4.18. The summed E-state index contributed by atoms with van der Waals surface area (Å²) in [7, 11) is 0. The minimum atomic E-state index is 0.476. The molecule has 3 N–H and O–H groups in total. The molecule has 3 nitrogen and oxygen atoms in total. The largest absolute Gasteiger partial charge is 0.370 e. The Bertz CT molecular complexity index is 261. The highest BCUT2D eigenvalue weighted by molar-refractivity contribution is 5.78. The Morgan fingerprint density at radius 2 is 1.72 bits per heavy atom. The van der Waals surface area contributed by atoms with Crippen LogP contribution < -0.4 is 11.1 Å². The predicted octanol–water partition coefficient (Wildman–Crippen LogP) is 3.19. The first-order valence-corrected chi connectivity index (χ1v) is 7.87. The summed E-state index contributed by atoms with van der Waals surface area (Å²) in [5.41, 5.74) is 6.04. The van der Waals surface area contributed by atoms with Gasteiger partial charge in [0.05, 0.1) is 6.04 Å². The molecular weight excluding hydrogens is 222 g/mol. The van der Waals surface area contributed by atoms with Crippen LogP contribution in [0.2, 0.25) is 0 Å². The molecule has 104 valence electrons. The van der Waals surface area contributed by atoms with Gasteiger partial charge in [0.1, 0.15) is 0 Å². The molecule has 2 rings (SSSR count). The smallest absolute Gasteiger partial charge is 0.189 e. The maximum atomic E-state index is 6.04. The first-order valence-electron chi connectivity index (χ1n) is 7.87. The van der Waals surface area contributed by atoms with Crippen molar-refractivity contribution < 1.29 is 0 Å². The summed E-state index contributed by atoms with van der Waals surface area (Å²) in [4.78, 5) is 4.68. The van der Waals surface area contributed by atoms with Crippen LogP contribution in [-0.4, -0.2) is 18.0 Å². The maximum Gasteiger partial charge on any atom is 0.189 e. The van der Waals surface area contributed by atoms with E-state index < -0.39 is 0 Å². The third-order valence-electron chi connectivity index (χ3n) is 4.67. The van der Waals surface area contributed by atoms with E-state index in [0.717, 1.165) is 5.92 Å². The summed E-state index contributed by atoms with van der Waals surface area (Å²) >= 11 is 0. The average molecular weight is 251 g/mol. The van der Waals surface area contributed by atoms with Gasteiger partial charge in [-0.05, 0) is 44.4 Å². The number of guanidine groups is 1. The first-order chi connectivity index (χ1) is 8.78. The monoisotopic (exact) mass is 251 g/mol. The molecule has 0 radical (unpaired) electrons. The van der Waals surface area contributed by atoms with Gasteiger partial charge in [0.25, 0.3) is 0 Å². The van der Waals surface area contributed by atoms with Gasteiger partial charge >= 0.3 is 0 Å². The molecule has 0 aromatic heterocycles. The Morgan fingerprint density at radius 1 is 1.06 bits per heavy atom. The van der Waals surface area contributed by atoms with Gasteiger partial charge in [-0.3, -0.25) is 4.99 Å². The normalized spacial score (nSPS) is 31.3. The van der Waals surface area contributed by atoms with E-state index >= 15 is 0 Å². The van der Waals surface area contributed by atoms with Crippen molar-refractivity contribution in [3.8, 4) is 0 Å². The van der Waals surface area contributed by atoms with Crippen LogP contribution in [-0.2, 0) is 0 Å². The molecule has 0 atom stereocenters. The Kier molecular flexibility index (Phi) is 5.33. The van der Waals surface area contributed by atoms with Crippen molar-refractivity contribution in [2.24, 2.45) is 16.6 Å². The minimum absolute atomic E-state index is 0.476. The summed E-state index contributed by atoms with van der Waals surface area (Å²) in [6.07, 6.45) is 13.0. The quantitative estimate of drug-likeness (QED) is 0.598. The van der Waals surface area contributed by atoms with Crippen LogP contribution in [0.5, 0.6) is 0 Å². The molecule has 0 amide bonds. The number of hydrogen-bond acceptors (Lipinski definition) is 1. The van der Waals surface area contributed by atoms with E-state index in [-0.39, 0.29) is 0 Å². The fourth-order valence-corrected chi connectivity index (χ4v) is 3.37. The second-order valence-corrected chi connectivity index (χ2v) is 6.08. The molecule has 0 heterocycles. The van der Waals surface area contributed by atoms with Crippen LogP contribution >= 0.6 is 0 Å². The van der Waals surface area contributed by atoms with Crippen LogP contribution in [0.3, 0.4) is 0 Å². The molecule has 0 unspecified atom stereocenters. The van der Waals surface area contributed by atoms with Crippen molar-refractivity contribution >= 4 is 5.96 Å². The van der Waals surface area contributed by atoms with Gasteiger partial charge in [0, 0.05) is 6.04 Å². The van der Waals surface area contributed by atoms with Crippen LogP contribution in [0, 0.1) is 5.92 Å². The zero-order valence-electron chi connectivity index (χ0n) is 11.8. The van der Waals surface area contributed by atoms with E-state index in [9.17, 15) is 0 Å². The predicted molar refractivity (Wildman–Crippen MR) is 77.7 cm³/mol. The maximum absolute atomic E-state index is 6.04. The molecule has 0 aliphatic heterocycles. The number of nitrogens with two attached hydrogens (primary N) is 1. The lowest BCUT2D eigenvalue weighted by Gasteiger charge is -2.27. The SMILES string of the molecule is CCC1CCC(N=C(N)NC2CCCCC2)CC1. The number of nitrogens with zero attached hydrogens (tertiary/aromatic N) is 1. The number of rotatable bonds is 3. The van der Waals surface area contributed by atoms with Gasteiger partial charge in [0.2, 0.25) is 0 Å². The Balaban J connectivity index is 1.74. The van der Waals surface area contributed by atoms with E-state index in [2.05, 4.69) is 17.2 Å². The highest BCUT2D eigenvalue weighted by Gasteiger charge is 2.20. The van der Waals surface area contributed by atoms with E-state index in [1.165, 1.54) is 64.2 Å². The van der Waals surface area contributed by atoms with Crippen LogP contribution in [0.25, 0.3) is 0 Å². The number of hydrogen-bond donors (Lipinski definition) is 2. The lowest BCUT2D eigenvalue weighted by atomic mass is 9.85. The zero-order chi connectivity index (χ0) is 12.8. The standard InChI is InChI=1S/C15H29N3/c1-2-12-8-10-14(11-9-12)18-15(16)17-13-6-4-3-5-7-13/h12-14H,2-11H2,1H3,(H3,16,17,18). The Labute approximate surface area is 112 Å². The van der Waals surface area contributed by atoms with Crippen molar-refractivity contribution in [2.75, 3.05) is 0 Å². The third-order valence-corrected chi connectivity index (χ3v) is 4.67. The molecule has 2 aliphatic carbocycles. The molecule has 0 saturated heterocycles. The zero-order valence-corrected chi connectivity index (χ0v) is 11.8. The second kappa shape index (κ2) is 7.01. The summed E-state index contributed by atoms with van der Waals surface area (Å²) in [5.74, 6) is 1.63. The summed E-state index contributed by atoms with van der Waals surface area (Å²) in [5, 5.41) is 3.42. The van der Waals surface area contributed by atoms with E-state index in [1.54, 1.807) is 0 Å². The second-order valence-electron chi connectivity index (χ2n) is 6.08. The van der Waals surface area contributed by atoms with Gasteiger partial charge in [0.15, 0.2) is 5.96 Å². The van der Waals surface area contributed by atoms with Gasteiger partial charge in [-0.25, -0.2) is 0 Å². The Morgan fingerprint density at radius 3 is 2.33 bits per heavy atom. The van der Waals surface area contributed by atoms with Crippen molar-refractivity contribution in [3.63, 3.8) is 0 Å². The lowest BCUT2D eigenvalue weighted by molar-refractivity contribution is 0.319. The lowest BCUT2D eigenvalue weighted by Crippen LogP contribution is -2.42. The fraction of sp³-hybridized carbons (Fsp3) is 0.933.